The molecule has 0 spiro atoms. The van der Waals surface area contributed by atoms with E-state index in [9.17, 15) is 9.59 Å². The minimum absolute atomic E-state index is 0.139. The van der Waals surface area contributed by atoms with Gasteiger partial charge in [0.05, 0.1) is 13.2 Å². The van der Waals surface area contributed by atoms with Gasteiger partial charge in [-0.15, -0.1) is 0 Å². The van der Waals surface area contributed by atoms with Crippen molar-refractivity contribution in [1.29, 1.82) is 0 Å². The van der Waals surface area contributed by atoms with Crippen LogP contribution in [-0.4, -0.2) is 54.5 Å². The number of carbonyl (C=O) groups excluding carboxylic acids is 2. The van der Waals surface area contributed by atoms with Gasteiger partial charge in [0.1, 0.15) is 0 Å². The third-order valence-corrected chi connectivity index (χ3v) is 6.57. The summed E-state index contributed by atoms with van der Waals surface area (Å²) >= 11 is 0. The van der Waals surface area contributed by atoms with Crippen LogP contribution >= 0.6 is 0 Å². The molecule has 5 nitrogen and oxygen atoms in total. The number of carbonyl (C=O) groups is 2. The molecule has 2 aromatic carbocycles. The Morgan fingerprint density at radius 2 is 1.39 bits per heavy atom. The maximum Gasteiger partial charge on any atom is 0.305 e. The van der Waals surface area contributed by atoms with E-state index in [2.05, 4.69) is 82.1 Å². The van der Waals surface area contributed by atoms with E-state index in [0.717, 1.165) is 51.7 Å². The van der Waals surface area contributed by atoms with Crippen LogP contribution in [0.4, 0.5) is 0 Å². The van der Waals surface area contributed by atoms with E-state index in [-0.39, 0.29) is 24.0 Å². The van der Waals surface area contributed by atoms with Gasteiger partial charge in [0.2, 0.25) is 5.91 Å². The molecule has 0 aliphatic carbocycles. The van der Waals surface area contributed by atoms with Gasteiger partial charge in [0, 0.05) is 38.5 Å². The molecule has 1 fully saturated rings. The highest BCUT2D eigenvalue weighted by Crippen LogP contribution is 2.30. The molecule has 1 aliphatic rings. The van der Waals surface area contributed by atoms with Crippen molar-refractivity contribution < 1.29 is 14.3 Å². The van der Waals surface area contributed by atoms with Crippen molar-refractivity contribution in [2.75, 3.05) is 26.7 Å². The second-order valence-corrected chi connectivity index (χ2v) is 9.00. The molecule has 0 N–H and O–H groups in total. The summed E-state index contributed by atoms with van der Waals surface area (Å²) in [5.41, 5.74) is 2.59. The molecule has 33 heavy (non-hydrogen) atoms. The molecule has 0 radical (unpaired) electrons. The van der Waals surface area contributed by atoms with Crippen LogP contribution in [0, 0.1) is 0 Å². The van der Waals surface area contributed by atoms with Gasteiger partial charge >= 0.3 is 5.97 Å². The number of esters is 1. The van der Waals surface area contributed by atoms with Gasteiger partial charge in [-0.25, -0.2) is 0 Å². The SMILES string of the molecule is COC(=O)CCCCCCCC(=O)N1CCN(C(c2ccccc2)c2ccccc2)C[C@H]1C. The number of benzene rings is 2. The Hall–Kier alpha value is -2.66. The van der Waals surface area contributed by atoms with Gasteiger partial charge in [0.15, 0.2) is 0 Å². The molecule has 1 saturated heterocycles. The molecule has 0 saturated carbocycles. The van der Waals surface area contributed by atoms with Crippen LogP contribution in [0.2, 0.25) is 0 Å². The summed E-state index contributed by atoms with van der Waals surface area (Å²) in [5.74, 6) is 0.132. The Bertz CT molecular complexity index is 816. The van der Waals surface area contributed by atoms with Crippen molar-refractivity contribution in [3.8, 4) is 0 Å². The number of rotatable bonds is 11. The van der Waals surface area contributed by atoms with Crippen molar-refractivity contribution >= 4 is 11.9 Å². The molecular formula is C28H38N2O3. The lowest BCUT2D eigenvalue weighted by atomic mass is 9.95. The number of ether oxygens (including phenoxy) is 1. The van der Waals surface area contributed by atoms with Crippen LogP contribution < -0.4 is 0 Å². The smallest absolute Gasteiger partial charge is 0.305 e. The zero-order chi connectivity index (χ0) is 23.5. The predicted molar refractivity (Wildman–Crippen MR) is 132 cm³/mol. The first-order valence-corrected chi connectivity index (χ1v) is 12.3. The highest BCUT2D eigenvalue weighted by Gasteiger charge is 2.32. The van der Waals surface area contributed by atoms with Gasteiger partial charge in [-0.3, -0.25) is 14.5 Å². The van der Waals surface area contributed by atoms with Crippen LogP contribution in [0.3, 0.4) is 0 Å². The van der Waals surface area contributed by atoms with Gasteiger partial charge in [-0.05, 0) is 30.9 Å². The first kappa shape index (κ1) is 25.0. The van der Waals surface area contributed by atoms with Crippen LogP contribution in [0.15, 0.2) is 60.7 Å². The van der Waals surface area contributed by atoms with Crippen molar-refractivity contribution in [3.63, 3.8) is 0 Å². The quantitative estimate of drug-likeness (QED) is 0.348. The van der Waals surface area contributed by atoms with Crippen LogP contribution in [-0.2, 0) is 14.3 Å². The summed E-state index contributed by atoms with van der Waals surface area (Å²) in [7, 11) is 1.43. The highest BCUT2D eigenvalue weighted by molar-refractivity contribution is 5.76. The fourth-order valence-electron chi connectivity index (χ4n) is 4.80. The van der Waals surface area contributed by atoms with Gasteiger partial charge < -0.3 is 9.64 Å². The zero-order valence-corrected chi connectivity index (χ0v) is 20.1. The molecule has 178 valence electrons. The number of amides is 1. The summed E-state index contributed by atoms with van der Waals surface area (Å²) in [6.45, 7) is 4.69. The average Bonchev–Trinajstić information content (AvgIpc) is 2.84. The Balaban J connectivity index is 1.49. The third-order valence-electron chi connectivity index (χ3n) is 6.57. The number of nitrogens with zero attached hydrogens (tertiary/aromatic N) is 2. The summed E-state index contributed by atoms with van der Waals surface area (Å²) in [6.07, 6.45) is 5.99. The molecule has 0 unspecified atom stereocenters. The predicted octanol–water partition coefficient (Wildman–Crippen LogP) is 5.21. The summed E-state index contributed by atoms with van der Waals surface area (Å²) in [5, 5.41) is 0. The molecule has 1 amide bonds. The number of piperazine rings is 1. The van der Waals surface area contributed by atoms with Crippen LogP contribution in [0.1, 0.15) is 69.0 Å². The first-order chi connectivity index (χ1) is 16.1. The first-order valence-electron chi connectivity index (χ1n) is 12.3. The maximum absolute atomic E-state index is 12.9. The van der Waals surface area contributed by atoms with E-state index in [0.29, 0.717) is 12.8 Å². The van der Waals surface area contributed by atoms with E-state index in [1.165, 1.54) is 18.2 Å². The van der Waals surface area contributed by atoms with Crippen molar-refractivity contribution in [3.05, 3.63) is 71.8 Å². The maximum atomic E-state index is 12.9. The normalized spacial score (nSPS) is 16.7. The molecule has 1 aliphatic heterocycles. The topological polar surface area (TPSA) is 49.9 Å². The number of methoxy groups -OCH3 is 1. The zero-order valence-electron chi connectivity index (χ0n) is 20.1. The van der Waals surface area contributed by atoms with E-state index in [1.807, 2.05) is 0 Å². The lowest BCUT2D eigenvalue weighted by Crippen LogP contribution is -2.54. The lowest BCUT2D eigenvalue weighted by Gasteiger charge is -2.43. The molecule has 1 heterocycles. The fourth-order valence-corrected chi connectivity index (χ4v) is 4.80. The summed E-state index contributed by atoms with van der Waals surface area (Å²) in [4.78, 5) is 28.6. The van der Waals surface area contributed by atoms with Crippen LogP contribution in [0.25, 0.3) is 0 Å². The highest BCUT2D eigenvalue weighted by atomic mass is 16.5. The Kier molecular flexibility index (Phi) is 9.95. The summed E-state index contributed by atoms with van der Waals surface area (Å²) in [6, 6.07) is 21.7. The van der Waals surface area contributed by atoms with Gasteiger partial charge in [-0.2, -0.15) is 0 Å². The monoisotopic (exact) mass is 450 g/mol. The molecule has 2 aromatic rings. The van der Waals surface area contributed by atoms with Crippen molar-refractivity contribution in [2.45, 2.75) is 64.0 Å². The Morgan fingerprint density at radius 3 is 1.94 bits per heavy atom. The second kappa shape index (κ2) is 13.1. The van der Waals surface area contributed by atoms with Crippen molar-refractivity contribution in [1.82, 2.24) is 9.80 Å². The third kappa shape index (κ3) is 7.43. The molecule has 1 atom stereocenters. The number of hydrogen-bond donors (Lipinski definition) is 0. The van der Waals surface area contributed by atoms with E-state index >= 15 is 0 Å². The van der Waals surface area contributed by atoms with Gasteiger partial charge in [0.25, 0.3) is 0 Å². The summed E-state index contributed by atoms with van der Waals surface area (Å²) < 4.78 is 4.67. The van der Waals surface area contributed by atoms with E-state index in [1.54, 1.807) is 0 Å². The molecule has 0 bridgehead atoms. The second-order valence-electron chi connectivity index (χ2n) is 9.00. The van der Waals surface area contributed by atoms with Crippen LogP contribution in [0.5, 0.6) is 0 Å². The Labute approximate surface area is 198 Å². The average molecular weight is 451 g/mol. The Morgan fingerprint density at radius 1 is 0.848 bits per heavy atom. The fraction of sp³-hybridized carbons (Fsp3) is 0.500. The van der Waals surface area contributed by atoms with Crippen molar-refractivity contribution in [2.24, 2.45) is 0 Å². The van der Waals surface area contributed by atoms with E-state index in [4.69, 9.17) is 0 Å². The number of unbranched alkanes of at least 4 members (excludes halogenated alkanes) is 4. The lowest BCUT2D eigenvalue weighted by molar-refractivity contribution is -0.140. The minimum atomic E-state index is -0.139. The largest absolute Gasteiger partial charge is 0.469 e. The van der Waals surface area contributed by atoms with Gasteiger partial charge in [-0.1, -0.05) is 79.9 Å². The molecular weight excluding hydrogens is 412 g/mol. The van der Waals surface area contributed by atoms with E-state index < -0.39 is 0 Å². The molecule has 0 aromatic heterocycles. The molecule has 3 rings (SSSR count). The molecule has 5 heteroatoms. The standard InChI is InChI=1S/C28H38N2O3/c1-23-22-29(28(24-14-8-6-9-15-24)25-16-10-7-11-17-25)20-21-30(23)26(31)18-12-4-3-5-13-19-27(32)33-2/h6-11,14-17,23,28H,3-5,12-13,18-22H2,1-2H3/t23-/m1/s1. The minimum Gasteiger partial charge on any atom is -0.469 e. The number of hydrogen-bond acceptors (Lipinski definition) is 4.